The second-order valence-corrected chi connectivity index (χ2v) is 5.90. The first-order chi connectivity index (χ1) is 10.3. The number of nitrogens with two attached hydrogens (primary N) is 1. The molecule has 0 saturated carbocycles. The molecular weight excluding hydrogens is 282 g/mol. The van der Waals surface area contributed by atoms with Crippen LogP contribution < -0.4 is 20.7 Å². The van der Waals surface area contributed by atoms with Gasteiger partial charge in [-0.1, -0.05) is 19.9 Å². The summed E-state index contributed by atoms with van der Waals surface area (Å²) in [5, 5.41) is 2.55. The van der Waals surface area contributed by atoms with Crippen molar-refractivity contribution in [2.24, 2.45) is 11.7 Å². The molecule has 2 rings (SSSR count). The summed E-state index contributed by atoms with van der Waals surface area (Å²) >= 11 is 0. The maximum absolute atomic E-state index is 12.7. The van der Waals surface area contributed by atoms with Crippen LogP contribution in [0.25, 0.3) is 0 Å². The van der Waals surface area contributed by atoms with Crippen LogP contribution in [-0.4, -0.2) is 31.5 Å². The van der Waals surface area contributed by atoms with Gasteiger partial charge in [-0.05, 0) is 30.5 Å². The smallest absolute Gasteiger partial charge is 0.268 e. The molecule has 1 aromatic rings. The average molecular weight is 305 g/mol. The molecule has 0 fully saturated rings. The van der Waals surface area contributed by atoms with Crippen LogP contribution in [0.1, 0.15) is 32.4 Å². The van der Waals surface area contributed by atoms with E-state index in [-0.39, 0.29) is 30.3 Å². The molecule has 2 amide bonds. The average Bonchev–Trinajstić information content (AvgIpc) is 2.48. The van der Waals surface area contributed by atoms with Gasteiger partial charge in [-0.15, -0.1) is 0 Å². The number of nitrogens with zero attached hydrogens (tertiary/aromatic N) is 1. The number of nitrogens with one attached hydrogen (secondary N) is 1. The third kappa shape index (κ3) is 3.06. The summed E-state index contributed by atoms with van der Waals surface area (Å²) in [6, 6.07) is 5.35. The lowest BCUT2D eigenvalue weighted by atomic mass is 10.0. The van der Waals surface area contributed by atoms with Gasteiger partial charge >= 0.3 is 0 Å². The zero-order chi connectivity index (χ0) is 16.4. The van der Waals surface area contributed by atoms with Gasteiger partial charge in [-0.25, -0.2) is 0 Å². The molecule has 1 aromatic carbocycles. The molecule has 1 heterocycles. The van der Waals surface area contributed by atoms with Crippen LogP contribution in [0.2, 0.25) is 0 Å². The van der Waals surface area contributed by atoms with E-state index < -0.39 is 6.10 Å². The molecule has 0 saturated heterocycles. The number of anilines is 1. The van der Waals surface area contributed by atoms with E-state index in [1.807, 2.05) is 39.0 Å². The largest absolute Gasteiger partial charge is 0.478 e. The van der Waals surface area contributed by atoms with Crippen molar-refractivity contribution in [3.8, 4) is 5.75 Å². The molecule has 6 nitrogen and oxygen atoms in total. The zero-order valence-corrected chi connectivity index (χ0v) is 13.4. The Morgan fingerprint density at radius 3 is 2.64 bits per heavy atom. The second-order valence-electron chi connectivity index (χ2n) is 5.90. The quantitative estimate of drug-likeness (QED) is 0.875. The van der Waals surface area contributed by atoms with Crippen molar-refractivity contribution in [1.29, 1.82) is 0 Å². The summed E-state index contributed by atoms with van der Waals surface area (Å²) in [6.45, 7) is 5.68. The summed E-state index contributed by atoms with van der Waals surface area (Å²) in [6.07, 6.45) is -0.585. The number of hydrogen-bond donors (Lipinski definition) is 2. The predicted molar refractivity (Wildman–Crippen MR) is 84.7 cm³/mol. The van der Waals surface area contributed by atoms with Crippen molar-refractivity contribution in [1.82, 2.24) is 5.32 Å². The van der Waals surface area contributed by atoms with E-state index in [2.05, 4.69) is 5.32 Å². The van der Waals surface area contributed by atoms with Crippen molar-refractivity contribution in [3.63, 3.8) is 0 Å². The number of rotatable bonds is 4. The van der Waals surface area contributed by atoms with Crippen molar-refractivity contribution < 1.29 is 14.3 Å². The second kappa shape index (κ2) is 6.36. The molecule has 120 valence electrons. The Kier molecular flexibility index (Phi) is 4.71. The van der Waals surface area contributed by atoms with Gasteiger partial charge in [0.05, 0.1) is 5.69 Å². The van der Waals surface area contributed by atoms with E-state index in [1.165, 1.54) is 4.90 Å². The molecule has 0 radical (unpaired) electrons. The monoisotopic (exact) mass is 305 g/mol. The number of likely N-dealkylation sites (N-methyl/N-ethyl adjacent to an activating group) is 1. The maximum atomic E-state index is 12.7. The summed E-state index contributed by atoms with van der Waals surface area (Å²) in [7, 11) is 1.55. The highest BCUT2D eigenvalue weighted by Crippen LogP contribution is 2.37. The van der Waals surface area contributed by atoms with Gasteiger partial charge in [0.2, 0.25) is 5.91 Å². The Hall–Kier alpha value is -2.08. The van der Waals surface area contributed by atoms with E-state index >= 15 is 0 Å². The molecule has 22 heavy (non-hydrogen) atoms. The molecule has 6 heteroatoms. The van der Waals surface area contributed by atoms with Crippen molar-refractivity contribution in [2.45, 2.75) is 32.9 Å². The number of amides is 2. The van der Waals surface area contributed by atoms with Crippen LogP contribution >= 0.6 is 0 Å². The van der Waals surface area contributed by atoms with E-state index in [0.717, 1.165) is 5.56 Å². The zero-order valence-electron chi connectivity index (χ0n) is 13.4. The van der Waals surface area contributed by atoms with Crippen molar-refractivity contribution >= 4 is 17.5 Å². The SMILES string of the molecule is CNC(=O)CN1C(=O)C(C(C)C)Oc2ccc(C(C)N)cc21. The van der Waals surface area contributed by atoms with Crippen LogP contribution in [-0.2, 0) is 9.59 Å². The number of carbonyl (C=O) groups excluding carboxylic acids is 2. The lowest BCUT2D eigenvalue weighted by Crippen LogP contribution is -2.51. The van der Waals surface area contributed by atoms with Gasteiger partial charge in [0.15, 0.2) is 6.10 Å². The Labute approximate surface area is 130 Å². The summed E-state index contributed by atoms with van der Waals surface area (Å²) in [5.74, 6) is 0.190. The Bertz CT molecular complexity index is 584. The standard InChI is InChI=1S/C16H23N3O3/c1-9(2)15-16(21)19(8-14(20)18-4)12-7-11(10(3)17)5-6-13(12)22-15/h5-7,9-10,15H,8,17H2,1-4H3,(H,18,20). The fraction of sp³-hybridized carbons (Fsp3) is 0.500. The first-order valence-corrected chi connectivity index (χ1v) is 7.43. The molecular formula is C16H23N3O3. The van der Waals surface area contributed by atoms with Gasteiger partial charge in [-0.2, -0.15) is 0 Å². The van der Waals surface area contributed by atoms with E-state index in [0.29, 0.717) is 11.4 Å². The fourth-order valence-electron chi connectivity index (χ4n) is 2.39. The van der Waals surface area contributed by atoms with Gasteiger partial charge in [-0.3, -0.25) is 14.5 Å². The highest BCUT2D eigenvalue weighted by molar-refractivity contribution is 6.04. The van der Waals surface area contributed by atoms with Crippen LogP contribution in [0.3, 0.4) is 0 Å². The maximum Gasteiger partial charge on any atom is 0.268 e. The van der Waals surface area contributed by atoms with Crippen LogP contribution in [0.5, 0.6) is 5.75 Å². The van der Waals surface area contributed by atoms with Gasteiger partial charge < -0.3 is 15.8 Å². The highest BCUT2D eigenvalue weighted by atomic mass is 16.5. The first-order valence-electron chi connectivity index (χ1n) is 7.43. The van der Waals surface area contributed by atoms with Crippen LogP contribution in [0.4, 0.5) is 5.69 Å². The van der Waals surface area contributed by atoms with Crippen LogP contribution in [0, 0.1) is 5.92 Å². The molecule has 0 aliphatic carbocycles. The normalized spacial score (nSPS) is 18.7. The lowest BCUT2D eigenvalue weighted by molar-refractivity contribution is -0.130. The van der Waals surface area contributed by atoms with Crippen molar-refractivity contribution in [3.05, 3.63) is 23.8 Å². The Morgan fingerprint density at radius 2 is 2.09 bits per heavy atom. The third-order valence-electron chi connectivity index (χ3n) is 3.75. The van der Waals surface area contributed by atoms with Gasteiger partial charge in [0.25, 0.3) is 5.91 Å². The molecule has 2 atom stereocenters. The summed E-state index contributed by atoms with van der Waals surface area (Å²) < 4.78 is 5.82. The Morgan fingerprint density at radius 1 is 1.41 bits per heavy atom. The molecule has 0 spiro atoms. The lowest BCUT2D eigenvalue weighted by Gasteiger charge is -2.36. The highest BCUT2D eigenvalue weighted by Gasteiger charge is 2.37. The molecule has 1 aliphatic rings. The first kappa shape index (κ1) is 16.3. The fourth-order valence-corrected chi connectivity index (χ4v) is 2.39. The van der Waals surface area contributed by atoms with E-state index in [1.54, 1.807) is 7.05 Å². The molecule has 0 bridgehead atoms. The van der Waals surface area contributed by atoms with Crippen molar-refractivity contribution in [2.75, 3.05) is 18.5 Å². The molecule has 0 aromatic heterocycles. The van der Waals surface area contributed by atoms with Crippen LogP contribution in [0.15, 0.2) is 18.2 Å². The van der Waals surface area contributed by atoms with E-state index in [4.69, 9.17) is 10.5 Å². The molecule has 1 aliphatic heterocycles. The number of carbonyl (C=O) groups is 2. The predicted octanol–water partition coefficient (Wildman–Crippen LogP) is 1.20. The number of fused-ring (bicyclic) bond motifs is 1. The number of hydrogen-bond acceptors (Lipinski definition) is 4. The topological polar surface area (TPSA) is 84.7 Å². The minimum absolute atomic E-state index is 0.0148. The molecule has 2 unspecified atom stereocenters. The minimum Gasteiger partial charge on any atom is -0.478 e. The van der Waals surface area contributed by atoms with Gasteiger partial charge in [0, 0.05) is 13.1 Å². The van der Waals surface area contributed by atoms with E-state index in [9.17, 15) is 9.59 Å². The third-order valence-corrected chi connectivity index (χ3v) is 3.75. The Balaban J connectivity index is 2.46. The molecule has 3 N–H and O–H groups in total. The number of benzene rings is 1. The summed E-state index contributed by atoms with van der Waals surface area (Å²) in [5.41, 5.74) is 7.39. The van der Waals surface area contributed by atoms with Gasteiger partial charge in [0.1, 0.15) is 12.3 Å². The minimum atomic E-state index is -0.585. The summed E-state index contributed by atoms with van der Waals surface area (Å²) in [4.78, 5) is 25.9. The number of ether oxygens (including phenoxy) is 1.